The van der Waals surface area contributed by atoms with Crippen LogP contribution in [0.5, 0.6) is 0 Å². The maximum Gasteiger partial charge on any atom is 0.416 e. The Hall–Kier alpha value is -1.76. The van der Waals surface area contributed by atoms with Gasteiger partial charge >= 0.3 is 6.18 Å². The Labute approximate surface area is 158 Å². The number of hydrogen-bond acceptors (Lipinski definition) is 3. The normalized spacial score (nSPS) is 29.4. The second kappa shape index (κ2) is 8.09. The lowest BCUT2D eigenvalue weighted by atomic mass is 9.84. The smallest absolute Gasteiger partial charge is 0.382 e. The monoisotopic (exact) mass is 383 g/mol. The van der Waals surface area contributed by atoms with Crippen LogP contribution in [0.2, 0.25) is 0 Å². The van der Waals surface area contributed by atoms with Crippen molar-refractivity contribution in [2.45, 2.75) is 63.8 Å². The summed E-state index contributed by atoms with van der Waals surface area (Å²) in [4.78, 5) is 15.0. The van der Waals surface area contributed by atoms with Crippen molar-refractivity contribution < 1.29 is 18.0 Å². The lowest BCUT2D eigenvalue weighted by Crippen LogP contribution is -2.58. The molecule has 2 aliphatic rings. The topological polar surface area (TPSA) is 44.4 Å². The Balaban J connectivity index is 1.52. The van der Waals surface area contributed by atoms with E-state index in [0.717, 1.165) is 50.9 Å². The molecule has 150 valence electrons. The summed E-state index contributed by atoms with van der Waals surface area (Å²) in [6.07, 6.45) is -0.964. The van der Waals surface area contributed by atoms with Gasteiger partial charge in [-0.3, -0.25) is 4.79 Å². The number of alkyl halides is 3. The molecule has 0 radical (unpaired) electrons. The van der Waals surface area contributed by atoms with E-state index in [0.29, 0.717) is 5.69 Å². The third-order valence-corrected chi connectivity index (χ3v) is 5.74. The van der Waals surface area contributed by atoms with E-state index in [-0.39, 0.29) is 30.0 Å². The van der Waals surface area contributed by atoms with Gasteiger partial charge in [-0.1, -0.05) is 0 Å². The maximum absolute atomic E-state index is 12.9. The van der Waals surface area contributed by atoms with Crippen molar-refractivity contribution in [3.8, 4) is 0 Å². The number of amides is 1. The van der Waals surface area contributed by atoms with Crippen LogP contribution in [0.3, 0.4) is 0 Å². The van der Waals surface area contributed by atoms with E-state index in [9.17, 15) is 18.0 Å². The molecule has 4 nitrogen and oxygen atoms in total. The van der Waals surface area contributed by atoms with Crippen LogP contribution in [-0.2, 0) is 11.0 Å². The lowest BCUT2D eigenvalue weighted by molar-refractivity contribution is -0.142. The summed E-state index contributed by atoms with van der Waals surface area (Å²) in [6, 6.07) is 5.78. The predicted molar refractivity (Wildman–Crippen MR) is 99.5 cm³/mol. The van der Waals surface area contributed by atoms with Crippen LogP contribution < -0.4 is 10.6 Å². The van der Waals surface area contributed by atoms with Crippen molar-refractivity contribution in [3.05, 3.63) is 29.8 Å². The van der Waals surface area contributed by atoms with Crippen LogP contribution >= 0.6 is 0 Å². The highest BCUT2D eigenvalue weighted by atomic mass is 19.4. The molecule has 7 heteroatoms. The number of halogens is 3. The Morgan fingerprint density at radius 1 is 1.04 bits per heavy atom. The fourth-order valence-electron chi connectivity index (χ4n) is 4.25. The molecule has 1 saturated heterocycles. The number of carbonyl (C=O) groups is 1. The molecular formula is C20H28F3N3O. The highest BCUT2D eigenvalue weighted by molar-refractivity contribution is 5.79. The summed E-state index contributed by atoms with van der Waals surface area (Å²) in [5.74, 6) is 0.308. The third-order valence-electron chi connectivity index (χ3n) is 5.74. The van der Waals surface area contributed by atoms with Gasteiger partial charge in [0, 0.05) is 42.8 Å². The first-order valence-electron chi connectivity index (χ1n) is 9.72. The largest absolute Gasteiger partial charge is 0.416 e. The summed E-state index contributed by atoms with van der Waals surface area (Å²) in [5, 5.41) is 6.66. The highest BCUT2D eigenvalue weighted by Crippen LogP contribution is 2.32. The van der Waals surface area contributed by atoms with E-state index in [2.05, 4.69) is 24.5 Å². The van der Waals surface area contributed by atoms with Crippen LogP contribution in [-0.4, -0.2) is 42.0 Å². The number of rotatable bonds is 3. The van der Waals surface area contributed by atoms with Crippen molar-refractivity contribution in [2.75, 3.05) is 18.4 Å². The molecule has 27 heavy (non-hydrogen) atoms. The fourth-order valence-corrected chi connectivity index (χ4v) is 4.25. The van der Waals surface area contributed by atoms with Gasteiger partial charge in [0.05, 0.1) is 5.56 Å². The summed E-state index contributed by atoms with van der Waals surface area (Å²) in [7, 11) is 0. The number of piperazine rings is 1. The molecular weight excluding hydrogens is 355 g/mol. The van der Waals surface area contributed by atoms with Gasteiger partial charge in [0.25, 0.3) is 0 Å². The van der Waals surface area contributed by atoms with Crippen molar-refractivity contribution in [3.63, 3.8) is 0 Å². The SMILES string of the molecule is C[C@@H]1CNC[C@H](C)N1C(=O)[C@H]1CC[C@H](Nc2ccc(C(F)(F)F)cc2)CC1. The number of nitrogens with zero attached hydrogens (tertiary/aromatic N) is 1. The lowest BCUT2D eigenvalue weighted by Gasteiger charge is -2.42. The van der Waals surface area contributed by atoms with Gasteiger partial charge in [-0.05, 0) is 63.8 Å². The second-order valence-corrected chi connectivity index (χ2v) is 7.87. The zero-order valence-electron chi connectivity index (χ0n) is 15.9. The summed E-state index contributed by atoms with van der Waals surface area (Å²) < 4.78 is 37.9. The van der Waals surface area contributed by atoms with Gasteiger partial charge in [0.15, 0.2) is 0 Å². The highest BCUT2D eigenvalue weighted by Gasteiger charge is 2.35. The molecule has 2 atom stereocenters. The minimum Gasteiger partial charge on any atom is -0.382 e. The van der Waals surface area contributed by atoms with Gasteiger partial charge in [0.1, 0.15) is 0 Å². The van der Waals surface area contributed by atoms with Crippen LogP contribution in [0.1, 0.15) is 45.1 Å². The van der Waals surface area contributed by atoms with Gasteiger partial charge in [-0.25, -0.2) is 0 Å². The minimum absolute atomic E-state index is 0.0543. The maximum atomic E-state index is 12.9. The van der Waals surface area contributed by atoms with Crippen LogP contribution in [0.15, 0.2) is 24.3 Å². The zero-order chi connectivity index (χ0) is 19.6. The van der Waals surface area contributed by atoms with Gasteiger partial charge in [0.2, 0.25) is 5.91 Å². The summed E-state index contributed by atoms with van der Waals surface area (Å²) >= 11 is 0. The van der Waals surface area contributed by atoms with Crippen LogP contribution in [0.4, 0.5) is 18.9 Å². The zero-order valence-corrected chi connectivity index (χ0v) is 15.9. The molecule has 3 rings (SSSR count). The molecule has 1 amide bonds. The van der Waals surface area contributed by atoms with E-state index in [1.165, 1.54) is 12.1 Å². The minimum atomic E-state index is -4.31. The molecule has 1 aliphatic heterocycles. The van der Waals surface area contributed by atoms with E-state index in [1.54, 1.807) is 0 Å². The number of anilines is 1. The average Bonchev–Trinajstić information content (AvgIpc) is 2.62. The first-order chi connectivity index (χ1) is 12.8. The first-order valence-corrected chi connectivity index (χ1v) is 9.72. The summed E-state index contributed by atoms with van der Waals surface area (Å²) in [6.45, 7) is 5.83. The molecule has 1 heterocycles. The van der Waals surface area contributed by atoms with E-state index in [4.69, 9.17) is 0 Å². The van der Waals surface area contributed by atoms with Crippen molar-refractivity contribution in [1.82, 2.24) is 10.2 Å². The number of hydrogen-bond donors (Lipinski definition) is 2. The van der Waals surface area contributed by atoms with Crippen LogP contribution in [0, 0.1) is 5.92 Å². The Kier molecular flexibility index (Phi) is 5.99. The molecule has 1 aliphatic carbocycles. The Morgan fingerprint density at radius 3 is 2.11 bits per heavy atom. The first kappa shape index (κ1) is 20.0. The number of carbonyl (C=O) groups excluding carboxylic acids is 1. The quantitative estimate of drug-likeness (QED) is 0.833. The molecule has 0 spiro atoms. The molecule has 0 aromatic heterocycles. The van der Waals surface area contributed by atoms with Crippen molar-refractivity contribution >= 4 is 11.6 Å². The van der Waals surface area contributed by atoms with E-state index in [1.807, 2.05) is 4.90 Å². The molecule has 2 fully saturated rings. The third kappa shape index (κ3) is 4.75. The standard InChI is InChI=1S/C20H28F3N3O/c1-13-11-24-12-14(2)26(13)19(27)15-3-7-17(8-4-15)25-18-9-5-16(6-10-18)20(21,22)23/h5-6,9-10,13-15,17,24-25H,3-4,7-8,11-12H2,1-2H3/t13-,14+,15-,17-. The van der Waals surface area contributed by atoms with Crippen molar-refractivity contribution in [2.24, 2.45) is 5.92 Å². The van der Waals surface area contributed by atoms with Crippen molar-refractivity contribution in [1.29, 1.82) is 0 Å². The molecule has 1 saturated carbocycles. The van der Waals surface area contributed by atoms with E-state index < -0.39 is 11.7 Å². The molecule has 0 bridgehead atoms. The van der Waals surface area contributed by atoms with Gasteiger partial charge in [-0.15, -0.1) is 0 Å². The Bertz CT molecular complexity index is 629. The molecule has 1 aromatic carbocycles. The second-order valence-electron chi connectivity index (χ2n) is 7.87. The Morgan fingerprint density at radius 2 is 1.59 bits per heavy atom. The molecule has 2 N–H and O–H groups in total. The average molecular weight is 383 g/mol. The van der Waals surface area contributed by atoms with Gasteiger partial charge < -0.3 is 15.5 Å². The van der Waals surface area contributed by atoms with Gasteiger partial charge in [-0.2, -0.15) is 13.2 Å². The number of nitrogens with one attached hydrogen (secondary N) is 2. The van der Waals surface area contributed by atoms with E-state index >= 15 is 0 Å². The fraction of sp³-hybridized carbons (Fsp3) is 0.650. The van der Waals surface area contributed by atoms with Crippen LogP contribution in [0.25, 0.3) is 0 Å². The molecule has 1 aromatic rings. The number of benzene rings is 1. The predicted octanol–water partition coefficient (Wildman–Crippen LogP) is 3.88. The molecule has 0 unspecified atom stereocenters. The summed E-state index contributed by atoms with van der Waals surface area (Å²) in [5.41, 5.74) is 0.0590.